The Bertz CT molecular complexity index is 1320. The second-order valence-electron chi connectivity index (χ2n) is 9.22. The lowest BCUT2D eigenvalue weighted by molar-refractivity contribution is 0.113. The summed E-state index contributed by atoms with van der Waals surface area (Å²) in [7, 11) is 3.26. The first-order chi connectivity index (χ1) is 17.0. The van der Waals surface area contributed by atoms with Crippen LogP contribution in [0.2, 0.25) is 0 Å². The molecule has 8 heteroatoms. The number of hydrogen-bond acceptors (Lipinski definition) is 5. The van der Waals surface area contributed by atoms with Crippen LogP contribution in [0.4, 0.5) is 0 Å². The van der Waals surface area contributed by atoms with Crippen LogP contribution in [0.15, 0.2) is 41.2 Å². The summed E-state index contributed by atoms with van der Waals surface area (Å²) >= 11 is 5.88. The number of methoxy groups -OCH3 is 2. The topological polar surface area (TPSA) is 75.8 Å². The van der Waals surface area contributed by atoms with Gasteiger partial charge in [-0.05, 0) is 85.2 Å². The maximum absolute atomic E-state index is 13.4. The molecule has 1 aromatic heterocycles. The summed E-state index contributed by atoms with van der Waals surface area (Å²) in [5.74, 6) is 1.31. The first-order valence-corrected chi connectivity index (χ1v) is 12.4. The van der Waals surface area contributed by atoms with Crippen molar-refractivity contribution in [3.05, 3.63) is 69.0 Å². The summed E-state index contributed by atoms with van der Waals surface area (Å²) in [6.45, 7) is 4.18. The number of aromatic nitrogens is 1. The summed E-state index contributed by atoms with van der Waals surface area (Å²) in [4.78, 5) is 18.6. The van der Waals surface area contributed by atoms with E-state index in [2.05, 4.69) is 21.3 Å². The van der Waals surface area contributed by atoms with Gasteiger partial charge in [-0.15, -0.1) is 0 Å². The van der Waals surface area contributed by atoms with Gasteiger partial charge in [0.15, 0.2) is 16.6 Å². The second kappa shape index (κ2) is 9.87. The van der Waals surface area contributed by atoms with Crippen LogP contribution in [0.25, 0.3) is 10.9 Å². The van der Waals surface area contributed by atoms with Crippen molar-refractivity contribution in [2.24, 2.45) is 0 Å². The fraction of sp³-hybridized carbons (Fsp3) is 0.407. The average Bonchev–Trinajstić information content (AvgIpc) is 3.39. The molecular formula is C27H31N3O4S. The van der Waals surface area contributed by atoms with Crippen molar-refractivity contribution in [1.82, 2.24) is 15.2 Å². The van der Waals surface area contributed by atoms with Crippen molar-refractivity contribution in [2.45, 2.75) is 38.3 Å². The quantitative estimate of drug-likeness (QED) is 0.523. The summed E-state index contributed by atoms with van der Waals surface area (Å²) in [6, 6.07) is 11.7. The van der Waals surface area contributed by atoms with Crippen LogP contribution in [0.5, 0.6) is 11.5 Å². The average molecular weight is 494 g/mol. The first kappa shape index (κ1) is 23.6. The zero-order valence-electron chi connectivity index (χ0n) is 20.3. The largest absolute Gasteiger partial charge is 0.493 e. The van der Waals surface area contributed by atoms with Gasteiger partial charge in [0.2, 0.25) is 0 Å². The Morgan fingerprint density at radius 2 is 1.97 bits per heavy atom. The van der Waals surface area contributed by atoms with Crippen LogP contribution in [-0.4, -0.2) is 55.0 Å². The molecule has 2 atom stereocenters. The molecule has 5 rings (SSSR count). The molecule has 1 fully saturated rings. The van der Waals surface area contributed by atoms with E-state index in [1.165, 1.54) is 0 Å². The fourth-order valence-electron chi connectivity index (χ4n) is 5.15. The lowest BCUT2D eigenvalue weighted by atomic mass is 9.88. The predicted molar refractivity (Wildman–Crippen MR) is 141 cm³/mol. The van der Waals surface area contributed by atoms with Gasteiger partial charge in [-0.1, -0.05) is 11.6 Å². The van der Waals surface area contributed by atoms with Crippen LogP contribution >= 0.6 is 12.2 Å². The number of H-pyrrole nitrogens is 1. The highest BCUT2D eigenvalue weighted by Crippen LogP contribution is 2.40. The predicted octanol–water partition coefficient (Wildman–Crippen LogP) is 3.85. The molecule has 0 amide bonds. The standard InChI is InChI=1S/C27H31N3O4S/c1-16-6-7-22-18(11-16)12-21(26(31)29-22)25-20-14-24(33-3)23(32-2)13-17(20)8-9-30(25)27(35)28-15-19-5-4-10-34-19/h6-7,11-14,19,25H,4-5,8-10,15H2,1-3H3,(H,28,35)(H,29,31)/t19-,25+/m0/s1. The molecule has 0 saturated carbocycles. The molecule has 0 unspecified atom stereocenters. The molecule has 2 N–H and O–H groups in total. The molecule has 0 aliphatic carbocycles. The van der Waals surface area contributed by atoms with Crippen LogP contribution in [0.1, 0.15) is 41.1 Å². The van der Waals surface area contributed by atoms with Gasteiger partial charge in [0.25, 0.3) is 5.56 Å². The van der Waals surface area contributed by atoms with Crippen LogP contribution in [-0.2, 0) is 11.2 Å². The van der Waals surface area contributed by atoms with E-state index in [-0.39, 0.29) is 17.7 Å². The van der Waals surface area contributed by atoms with E-state index in [1.54, 1.807) is 14.2 Å². The minimum atomic E-state index is -0.364. The normalized spacial score (nSPS) is 19.5. The molecule has 2 aromatic carbocycles. The zero-order chi connectivity index (χ0) is 24.5. The molecule has 0 bridgehead atoms. The highest BCUT2D eigenvalue weighted by molar-refractivity contribution is 7.80. The number of aromatic amines is 1. The van der Waals surface area contributed by atoms with Gasteiger partial charge < -0.3 is 29.4 Å². The molecule has 2 aliphatic heterocycles. The van der Waals surface area contributed by atoms with Crippen molar-refractivity contribution >= 4 is 28.2 Å². The number of aryl methyl sites for hydroxylation is 1. The van der Waals surface area contributed by atoms with E-state index >= 15 is 0 Å². The number of fused-ring (bicyclic) bond motifs is 2. The Morgan fingerprint density at radius 3 is 2.71 bits per heavy atom. The highest BCUT2D eigenvalue weighted by Gasteiger charge is 2.34. The Balaban J connectivity index is 1.60. The molecule has 184 valence electrons. The van der Waals surface area contributed by atoms with E-state index in [0.717, 1.165) is 53.5 Å². The highest BCUT2D eigenvalue weighted by atomic mass is 32.1. The van der Waals surface area contributed by atoms with Crippen LogP contribution < -0.4 is 20.3 Å². The van der Waals surface area contributed by atoms with Crippen LogP contribution in [0, 0.1) is 6.92 Å². The van der Waals surface area contributed by atoms with Crippen molar-refractivity contribution < 1.29 is 14.2 Å². The molecule has 7 nitrogen and oxygen atoms in total. The summed E-state index contributed by atoms with van der Waals surface area (Å²) in [5, 5.41) is 5.02. The molecule has 0 spiro atoms. The minimum absolute atomic E-state index is 0.124. The lowest BCUT2D eigenvalue weighted by Crippen LogP contribution is -2.48. The van der Waals surface area contributed by atoms with Gasteiger partial charge in [0.1, 0.15) is 0 Å². The van der Waals surface area contributed by atoms with E-state index < -0.39 is 0 Å². The summed E-state index contributed by atoms with van der Waals surface area (Å²) in [5.41, 5.74) is 4.59. The summed E-state index contributed by atoms with van der Waals surface area (Å²) in [6.07, 6.45) is 3.05. The van der Waals surface area contributed by atoms with E-state index in [1.807, 2.05) is 37.3 Å². The molecular weight excluding hydrogens is 462 g/mol. The van der Waals surface area contributed by atoms with Gasteiger partial charge in [0, 0.05) is 30.8 Å². The number of nitrogens with one attached hydrogen (secondary N) is 2. The van der Waals surface area contributed by atoms with E-state index in [4.69, 9.17) is 26.4 Å². The number of hydrogen-bond donors (Lipinski definition) is 2. The van der Waals surface area contributed by atoms with Crippen LogP contribution in [0.3, 0.4) is 0 Å². The summed E-state index contributed by atoms with van der Waals surface area (Å²) < 4.78 is 16.9. The SMILES string of the molecule is COc1cc2c(cc1OC)[C@H](c1cc3cc(C)ccc3[nH]c1=O)N(C(=S)NC[C@@H]1CCCO1)CC2. The number of pyridine rings is 1. The van der Waals surface area contributed by atoms with Gasteiger partial charge in [0.05, 0.1) is 26.4 Å². The van der Waals surface area contributed by atoms with Crippen molar-refractivity contribution in [3.8, 4) is 11.5 Å². The van der Waals surface area contributed by atoms with Gasteiger partial charge >= 0.3 is 0 Å². The van der Waals surface area contributed by atoms with Gasteiger partial charge in [-0.3, -0.25) is 4.79 Å². The van der Waals surface area contributed by atoms with Crippen molar-refractivity contribution in [3.63, 3.8) is 0 Å². The third-order valence-electron chi connectivity index (χ3n) is 6.96. The smallest absolute Gasteiger partial charge is 0.254 e. The Kier molecular flexibility index (Phi) is 6.67. The monoisotopic (exact) mass is 493 g/mol. The molecule has 2 aliphatic rings. The van der Waals surface area contributed by atoms with E-state index in [9.17, 15) is 4.79 Å². The first-order valence-electron chi connectivity index (χ1n) is 12.0. The Labute approximate surface area is 210 Å². The van der Waals surface area contributed by atoms with Gasteiger partial charge in [-0.2, -0.15) is 0 Å². The maximum atomic E-state index is 13.4. The molecule has 1 saturated heterocycles. The maximum Gasteiger partial charge on any atom is 0.254 e. The zero-order valence-corrected chi connectivity index (χ0v) is 21.2. The Morgan fingerprint density at radius 1 is 1.17 bits per heavy atom. The fourth-order valence-corrected chi connectivity index (χ4v) is 5.43. The number of nitrogens with zero attached hydrogens (tertiary/aromatic N) is 1. The van der Waals surface area contributed by atoms with Crippen molar-refractivity contribution in [1.29, 1.82) is 0 Å². The third-order valence-corrected chi connectivity index (χ3v) is 7.34. The lowest BCUT2D eigenvalue weighted by Gasteiger charge is -2.39. The molecule has 3 heterocycles. The second-order valence-corrected chi connectivity index (χ2v) is 9.60. The van der Waals surface area contributed by atoms with Crippen molar-refractivity contribution in [2.75, 3.05) is 33.9 Å². The Hall–Kier alpha value is -3.10. The van der Waals surface area contributed by atoms with E-state index in [0.29, 0.717) is 35.3 Å². The number of benzene rings is 2. The number of rotatable bonds is 5. The third kappa shape index (κ3) is 4.60. The molecule has 3 aromatic rings. The number of thiocarbonyl (C=S) groups is 1. The van der Waals surface area contributed by atoms with Gasteiger partial charge in [-0.25, -0.2) is 0 Å². The number of ether oxygens (including phenoxy) is 3. The molecule has 0 radical (unpaired) electrons. The minimum Gasteiger partial charge on any atom is -0.493 e. The molecule has 35 heavy (non-hydrogen) atoms.